The predicted molar refractivity (Wildman–Crippen MR) is 48.4 cm³/mol. The molecule has 0 aromatic carbocycles. The van der Waals surface area contributed by atoms with Gasteiger partial charge in [0.25, 0.3) is 0 Å². The van der Waals surface area contributed by atoms with E-state index in [-0.39, 0.29) is 0 Å². The quantitative estimate of drug-likeness (QED) is 0.534. The van der Waals surface area contributed by atoms with Crippen LogP contribution in [0.1, 0.15) is 39.0 Å². The van der Waals surface area contributed by atoms with Crippen LogP contribution in [0.15, 0.2) is 23.3 Å². The Morgan fingerprint density at radius 3 is 2.45 bits per heavy atom. The van der Waals surface area contributed by atoms with Gasteiger partial charge in [-0.2, -0.15) is 0 Å². The van der Waals surface area contributed by atoms with Crippen LogP contribution in [0.3, 0.4) is 0 Å². The molecular formula is C11H16. The molecule has 11 heavy (non-hydrogen) atoms. The molecule has 0 aromatic heterocycles. The van der Waals surface area contributed by atoms with Crippen molar-refractivity contribution < 1.29 is 0 Å². The smallest absolute Gasteiger partial charge is 0.0157 e. The van der Waals surface area contributed by atoms with Gasteiger partial charge in [-0.25, -0.2) is 0 Å². The molecule has 2 aliphatic carbocycles. The molecule has 0 nitrogen and oxygen atoms in total. The zero-order valence-electron chi connectivity index (χ0n) is 7.27. The summed E-state index contributed by atoms with van der Waals surface area (Å²) >= 11 is 0. The Morgan fingerprint density at radius 1 is 1.18 bits per heavy atom. The van der Waals surface area contributed by atoms with E-state index in [1.807, 2.05) is 0 Å². The minimum Gasteiger partial charge on any atom is -0.0775 e. The van der Waals surface area contributed by atoms with Gasteiger partial charge in [0.2, 0.25) is 0 Å². The molecule has 0 amide bonds. The van der Waals surface area contributed by atoms with Crippen LogP contribution >= 0.6 is 0 Å². The lowest BCUT2D eigenvalue weighted by atomic mass is 9.94. The lowest BCUT2D eigenvalue weighted by Crippen LogP contribution is -1.97. The van der Waals surface area contributed by atoms with Crippen LogP contribution in [0.5, 0.6) is 0 Å². The van der Waals surface area contributed by atoms with Gasteiger partial charge in [-0.3, -0.25) is 0 Å². The summed E-state index contributed by atoms with van der Waals surface area (Å²) in [5.74, 6) is 0.925. The second-order valence-electron chi connectivity index (χ2n) is 3.76. The standard InChI is InChI=1S/C11H16/c1-9-5-4-8-11(9)10-6-2-3-7-10/h5,8,10H,2-4,6-7H2,1H3. The van der Waals surface area contributed by atoms with Gasteiger partial charge in [0.05, 0.1) is 0 Å². The third-order valence-corrected chi connectivity index (χ3v) is 3.01. The highest BCUT2D eigenvalue weighted by molar-refractivity contribution is 5.37. The zero-order valence-corrected chi connectivity index (χ0v) is 7.27. The molecule has 0 aromatic rings. The highest BCUT2D eigenvalue weighted by Crippen LogP contribution is 2.36. The molecule has 60 valence electrons. The average Bonchev–Trinajstić information content (AvgIpc) is 2.55. The van der Waals surface area contributed by atoms with Gasteiger partial charge in [0.1, 0.15) is 0 Å². The lowest BCUT2D eigenvalue weighted by molar-refractivity contribution is 0.650. The van der Waals surface area contributed by atoms with Gasteiger partial charge in [0.15, 0.2) is 0 Å². The van der Waals surface area contributed by atoms with Crippen molar-refractivity contribution in [1.29, 1.82) is 0 Å². The highest BCUT2D eigenvalue weighted by Gasteiger charge is 2.21. The molecule has 0 bridgehead atoms. The first-order chi connectivity index (χ1) is 5.38. The van der Waals surface area contributed by atoms with Crippen LogP contribution in [0.2, 0.25) is 0 Å². The molecule has 0 N–H and O–H groups in total. The third kappa shape index (κ3) is 1.26. The topological polar surface area (TPSA) is 0 Å². The van der Waals surface area contributed by atoms with E-state index in [9.17, 15) is 0 Å². The van der Waals surface area contributed by atoms with Crippen molar-refractivity contribution in [2.24, 2.45) is 5.92 Å². The fourth-order valence-electron chi connectivity index (χ4n) is 2.37. The molecule has 1 saturated carbocycles. The summed E-state index contributed by atoms with van der Waals surface area (Å²) in [5.41, 5.74) is 3.22. The maximum atomic E-state index is 2.42. The molecule has 0 unspecified atom stereocenters. The van der Waals surface area contributed by atoms with Crippen molar-refractivity contribution in [3.05, 3.63) is 23.3 Å². The van der Waals surface area contributed by atoms with Crippen LogP contribution < -0.4 is 0 Å². The molecule has 0 radical (unpaired) electrons. The molecule has 0 heterocycles. The van der Waals surface area contributed by atoms with Crippen LogP contribution in [0.4, 0.5) is 0 Å². The molecule has 0 heteroatoms. The minimum atomic E-state index is 0.925. The first-order valence-electron chi connectivity index (χ1n) is 4.75. The van der Waals surface area contributed by atoms with Crippen molar-refractivity contribution in [1.82, 2.24) is 0 Å². The Labute approximate surface area is 69.0 Å². The Bertz CT molecular complexity index is 202. The summed E-state index contributed by atoms with van der Waals surface area (Å²) in [7, 11) is 0. The third-order valence-electron chi connectivity index (χ3n) is 3.01. The summed E-state index contributed by atoms with van der Waals surface area (Å²) in [6.07, 6.45) is 11.8. The summed E-state index contributed by atoms with van der Waals surface area (Å²) in [6.45, 7) is 2.26. The predicted octanol–water partition coefficient (Wildman–Crippen LogP) is 3.45. The fraction of sp³-hybridized carbons (Fsp3) is 0.636. The van der Waals surface area contributed by atoms with E-state index in [0.29, 0.717) is 0 Å². The van der Waals surface area contributed by atoms with Gasteiger partial charge in [-0.1, -0.05) is 30.6 Å². The van der Waals surface area contributed by atoms with E-state index < -0.39 is 0 Å². The Hall–Kier alpha value is -0.520. The number of allylic oxidation sites excluding steroid dienone is 4. The second-order valence-corrected chi connectivity index (χ2v) is 3.76. The van der Waals surface area contributed by atoms with Crippen LogP contribution in [-0.4, -0.2) is 0 Å². The lowest BCUT2D eigenvalue weighted by Gasteiger charge is -2.11. The highest BCUT2D eigenvalue weighted by atomic mass is 14.3. The fourth-order valence-corrected chi connectivity index (χ4v) is 2.37. The Morgan fingerprint density at radius 2 is 1.91 bits per heavy atom. The van der Waals surface area contributed by atoms with Gasteiger partial charge >= 0.3 is 0 Å². The van der Waals surface area contributed by atoms with E-state index in [4.69, 9.17) is 0 Å². The number of hydrogen-bond acceptors (Lipinski definition) is 0. The summed E-state index contributed by atoms with van der Waals surface area (Å²) in [4.78, 5) is 0. The average molecular weight is 148 g/mol. The Kier molecular flexibility index (Phi) is 1.85. The van der Waals surface area contributed by atoms with E-state index >= 15 is 0 Å². The first-order valence-corrected chi connectivity index (χ1v) is 4.75. The van der Waals surface area contributed by atoms with E-state index in [0.717, 1.165) is 5.92 Å². The van der Waals surface area contributed by atoms with Crippen LogP contribution in [0.25, 0.3) is 0 Å². The number of rotatable bonds is 1. The van der Waals surface area contributed by atoms with Crippen LogP contribution in [0, 0.1) is 5.92 Å². The van der Waals surface area contributed by atoms with Gasteiger partial charge in [-0.05, 0) is 37.7 Å². The summed E-state index contributed by atoms with van der Waals surface area (Å²) < 4.78 is 0. The van der Waals surface area contributed by atoms with Crippen molar-refractivity contribution in [3.8, 4) is 0 Å². The molecule has 0 atom stereocenters. The van der Waals surface area contributed by atoms with Crippen molar-refractivity contribution in [3.63, 3.8) is 0 Å². The van der Waals surface area contributed by atoms with Crippen LogP contribution in [-0.2, 0) is 0 Å². The summed E-state index contributed by atoms with van der Waals surface area (Å²) in [5, 5.41) is 0. The molecule has 2 rings (SSSR count). The van der Waals surface area contributed by atoms with Crippen molar-refractivity contribution in [2.75, 3.05) is 0 Å². The minimum absolute atomic E-state index is 0.925. The molecule has 0 spiro atoms. The SMILES string of the molecule is CC1=CCC=C1C1CCCC1. The van der Waals surface area contributed by atoms with E-state index in [2.05, 4.69) is 19.1 Å². The maximum absolute atomic E-state index is 2.42. The normalized spacial score (nSPS) is 25.5. The molecule has 0 saturated heterocycles. The Balaban J connectivity index is 2.09. The van der Waals surface area contributed by atoms with Crippen molar-refractivity contribution >= 4 is 0 Å². The largest absolute Gasteiger partial charge is 0.0775 e. The van der Waals surface area contributed by atoms with Crippen molar-refractivity contribution in [2.45, 2.75) is 39.0 Å². The molecular weight excluding hydrogens is 132 g/mol. The van der Waals surface area contributed by atoms with Gasteiger partial charge < -0.3 is 0 Å². The second kappa shape index (κ2) is 2.84. The monoisotopic (exact) mass is 148 g/mol. The van der Waals surface area contributed by atoms with Gasteiger partial charge in [-0.15, -0.1) is 0 Å². The van der Waals surface area contributed by atoms with Gasteiger partial charge in [0, 0.05) is 0 Å². The van der Waals surface area contributed by atoms with E-state index in [1.54, 1.807) is 11.1 Å². The first kappa shape index (κ1) is 7.15. The molecule has 0 aliphatic heterocycles. The maximum Gasteiger partial charge on any atom is -0.0157 e. The summed E-state index contributed by atoms with van der Waals surface area (Å²) in [6, 6.07) is 0. The molecule has 1 fully saturated rings. The molecule has 2 aliphatic rings. The zero-order chi connectivity index (χ0) is 7.68. The number of hydrogen-bond donors (Lipinski definition) is 0. The van der Waals surface area contributed by atoms with E-state index in [1.165, 1.54) is 32.1 Å².